The molecule has 0 unspecified atom stereocenters. The Bertz CT molecular complexity index is 543. The number of aryl methyl sites for hydroxylation is 1. The maximum Gasteiger partial charge on any atom is 0.184 e. The molecule has 1 aromatic heterocycles. The lowest BCUT2D eigenvalue weighted by Crippen LogP contribution is -2.07. The Kier molecular flexibility index (Phi) is 4.40. The lowest BCUT2D eigenvalue weighted by atomic mass is 10.1. The molecule has 0 radical (unpaired) electrons. The minimum Gasteiger partial charge on any atom is -0.398 e. The summed E-state index contributed by atoms with van der Waals surface area (Å²) in [5, 5.41) is 11.4. The lowest BCUT2D eigenvalue weighted by Gasteiger charge is -2.07. The molecular weight excluding hydrogens is 249 g/mol. The summed E-state index contributed by atoms with van der Waals surface area (Å²) in [5.41, 5.74) is 6.77. The Hall–Kier alpha value is -2.02. The number of nitrogens with zero attached hydrogens (tertiary/aromatic N) is 4. The monoisotopic (exact) mass is 265 g/mol. The minimum atomic E-state index is -0.368. The predicted octanol–water partition coefficient (Wildman–Crippen LogP) is 1.49. The Labute approximate surface area is 110 Å². The van der Waals surface area contributed by atoms with Gasteiger partial charge in [-0.3, -0.25) is 0 Å². The molecule has 0 saturated heterocycles. The van der Waals surface area contributed by atoms with Crippen LogP contribution in [0.25, 0.3) is 11.4 Å². The molecule has 0 aliphatic carbocycles. The van der Waals surface area contributed by atoms with Gasteiger partial charge in [-0.1, -0.05) is 0 Å². The first-order chi connectivity index (χ1) is 9.22. The molecule has 0 bridgehead atoms. The fourth-order valence-electron chi connectivity index (χ4n) is 1.73. The second-order valence-electron chi connectivity index (χ2n) is 4.01. The molecule has 6 nitrogen and oxygen atoms in total. The van der Waals surface area contributed by atoms with E-state index in [1.807, 2.05) is 6.92 Å². The normalized spacial score (nSPS) is 10.8. The first kappa shape index (κ1) is 13.4. The summed E-state index contributed by atoms with van der Waals surface area (Å²) >= 11 is 0. The fraction of sp³-hybridized carbons (Fsp3) is 0.417. The number of halogens is 1. The highest BCUT2D eigenvalue weighted by Gasteiger charge is 2.12. The Morgan fingerprint density at radius 2 is 2.26 bits per heavy atom. The zero-order valence-electron chi connectivity index (χ0n) is 10.7. The van der Waals surface area contributed by atoms with Gasteiger partial charge in [0.15, 0.2) is 5.82 Å². The number of nitrogen functional groups attached to an aromatic ring is 1. The molecular formula is C12H16FN5O. The largest absolute Gasteiger partial charge is 0.398 e. The zero-order chi connectivity index (χ0) is 13.7. The second kappa shape index (κ2) is 6.24. The summed E-state index contributed by atoms with van der Waals surface area (Å²) in [6.45, 7) is 3.85. The molecule has 0 aliphatic heterocycles. The summed E-state index contributed by atoms with van der Waals surface area (Å²) in [6.07, 6.45) is 0.779. The van der Waals surface area contributed by atoms with E-state index >= 15 is 0 Å². The van der Waals surface area contributed by atoms with Gasteiger partial charge in [-0.15, -0.1) is 5.10 Å². The van der Waals surface area contributed by atoms with Crippen LogP contribution in [-0.4, -0.2) is 33.4 Å². The van der Waals surface area contributed by atoms with Crippen molar-refractivity contribution in [2.24, 2.45) is 0 Å². The summed E-state index contributed by atoms with van der Waals surface area (Å²) in [6, 6.07) is 4.14. The first-order valence-electron chi connectivity index (χ1n) is 6.11. The van der Waals surface area contributed by atoms with Crippen LogP contribution in [-0.2, 0) is 11.3 Å². The van der Waals surface area contributed by atoms with Gasteiger partial charge in [0.1, 0.15) is 5.82 Å². The van der Waals surface area contributed by atoms with Crippen LogP contribution < -0.4 is 5.73 Å². The standard InChI is InChI=1S/C12H16FN5O/c1-2-19-7-3-6-18-12(15-16-17-18)10-8-9(13)4-5-11(10)14/h4-5,8H,2-3,6-7,14H2,1H3. The average Bonchev–Trinajstić information content (AvgIpc) is 2.86. The summed E-state index contributed by atoms with van der Waals surface area (Å²) in [4.78, 5) is 0. The molecule has 2 rings (SSSR count). The number of anilines is 1. The van der Waals surface area contributed by atoms with Gasteiger partial charge >= 0.3 is 0 Å². The molecule has 1 heterocycles. The molecule has 7 heteroatoms. The number of rotatable bonds is 6. The van der Waals surface area contributed by atoms with Gasteiger partial charge in [-0.2, -0.15) is 0 Å². The van der Waals surface area contributed by atoms with Crippen molar-refractivity contribution in [3.05, 3.63) is 24.0 Å². The van der Waals surface area contributed by atoms with Crippen LogP contribution in [0.2, 0.25) is 0 Å². The van der Waals surface area contributed by atoms with E-state index in [0.29, 0.717) is 36.8 Å². The third-order valence-electron chi connectivity index (χ3n) is 2.65. The zero-order valence-corrected chi connectivity index (χ0v) is 10.7. The maximum absolute atomic E-state index is 13.3. The van der Waals surface area contributed by atoms with E-state index in [0.717, 1.165) is 6.42 Å². The van der Waals surface area contributed by atoms with Crippen molar-refractivity contribution in [3.8, 4) is 11.4 Å². The summed E-state index contributed by atoms with van der Waals surface area (Å²) in [5.74, 6) is 0.0987. The van der Waals surface area contributed by atoms with Gasteiger partial charge in [0, 0.05) is 31.0 Å². The number of aromatic nitrogens is 4. The van der Waals surface area contributed by atoms with Crippen molar-refractivity contribution in [2.75, 3.05) is 18.9 Å². The van der Waals surface area contributed by atoms with Crippen molar-refractivity contribution in [3.63, 3.8) is 0 Å². The highest BCUT2D eigenvalue weighted by atomic mass is 19.1. The van der Waals surface area contributed by atoms with Crippen LogP contribution in [0.4, 0.5) is 10.1 Å². The molecule has 1 aromatic carbocycles. The van der Waals surface area contributed by atoms with Crippen LogP contribution in [0.3, 0.4) is 0 Å². The number of hydrogen-bond donors (Lipinski definition) is 1. The Balaban J connectivity index is 2.16. The Morgan fingerprint density at radius 3 is 3.05 bits per heavy atom. The van der Waals surface area contributed by atoms with Gasteiger partial charge in [0.2, 0.25) is 0 Å². The van der Waals surface area contributed by atoms with E-state index in [-0.39, 0.29) is 5.82 Å². The van der Waals surface area contributed by atoms with Crippen LogP contribution >= 0.6 is 0 Å². The number of nitrogens with two attached hydrogens (primary N) is 1. The molecule has 0 amide bonds. The van der Waals surface area contributed by atoms with Crippen LogP contribution in [0.1, 0.15) is 13.3 Å². The van der Waals surface area contributed by atoms with E-state index in [1.54, 1.807) is 4.68 Å². The van der Waals surface area contributed by atoms with E-state index < -0.39 is 0 Å². The van der Waals surface area contributed by atoms with E-state index in [2.05, 4.69) is 15.5 Å². The van der Waals surface area contributed by atoms with Crippen molar-refractivity contribution < 1.29 is 9.13 Å². The van der Waals surface area contributed by atoms with Gasteiger partial charge in [-0.05, 0) is 42.0 Å². The van der Waals surface area contributed by atoms with Crippen molar-refractivity contribution in [2.45, 2.75) is 19.9 Å². The minimum absolute atomic E-state index is 0.368. The lowest BCUT2D eigenvalue weighted by molar-refractivity contribution is 0.140. The van der Waals surface area contributed by atoms with E-state index in [9.17, 15) is 4.39 Å². The molecule has 0 spiro atoms. The summed E-state index contributed by atoms with van der Waals surface area (Å²) in [7, 11) is 0. The molecule has 0 saturated carbocycles. The number of ether oxygens (including phenoxy) is 1. The molecule has 0 aliphatic rings. The predicted molar refractivity (Wildman–Crippen MR) is 68.7 cm³/mol. The average molecular weight is 265 g/mol. The number of hydrogen-bond acceptors (Lipinski definition) is 5. The van der Waals surface area contributed by atoms with E-state index in [1.165, 1.54) is 18.2 Å². The topological polar surface area (TPSA) is 78.8 Å². The van der Waals surface area contributed by atoms with Gasteiger partial charge in [0.25, 0.3) is 0 Å². The van der Waals surface area contributed by atoms with Crippen molar-refractivity contribution in [1.82, 2.24) is 20.2 Å². The third kappa shape index (κ3) is 3.25. The number of benzene rings is 1. The second-order valence-corrected chi connectivity index (χ2v) is 4.01. The molecule has 19 heavy (non-hydrogen) atoms. The maximum atomic E-state index is 13.3. The van der Waals surface area contributed by atoms with Gasteiger partial charge < -0.3 is 10.5 Å². The smallest absolute Gasteiger partial charge is 0.184 e. The SMILES string of the molecule is CCOCCCn1nnnc1-c1cc(F)ccc1N. The summed E-state index contributed by atoms with van der Waals surface area (Å²) < 4.78 is 20.1. The van der Waals surface area contributed by atoms with Crippen LogP contribution in [0.5, 0.6) is 0 Å². The molecule has 2 N–H and O–H groups in total. The fourth-order valence-corrected chi connectivity index (χ4v) is 1.73. The quantitative estimate of drug-likeness (QED) is 0.632. The first-order valence-corrected chi connectivity index (χ1v) is 6.11. The molecule has 0 fully saturated rings. The van der Waals surface area contributed by atoms with Crippen molar-refractivity contribution >= 4 is 5.69 Å². The van der Waals surface area contributed by atoms with Gasteiger partial charge in [0.05, 0.1) is 0 Å². The van der Waals surface area contributed by atoms with E-state index in [4.69, 9.17) is 10.5 Å². The van der Waals surface area contributed by atoms with Crippen molar-refractivity contribution in [1.29, 1.82) is 0 Å². The molecule has 0 atom stereocenters. The van der Waals surface area contributed by atoms with Crippen LogP contribution in [0.15, 0.2) is 18.2 Å². The van der Waals surface area contributed by atoms with Crippen LogP contribution in [0, 0.1) is 5.82 Å². The Morgan fingerprint density at radius 1 is 1.42 bits per heavy atom. The highest BCUT2D eigenvalue weighted by molar-refractivity contribution is 5.71. The van der Waals surface area contributed by atoms with Gasteiger partial charge in [-0.25, -0.2) is 9.07 Å². The molecule has 2 aromatic rings. The number of tetrazole rings is 1. The highest BCUT2D eigenvalue weighted by Crippen LogP contribution is 2.24. The third-order valence-corrected chi connectivity index (χ3v) is 2.65. The molecule has 102 valence electrons.